The van der Waals surface area contributed by atoms with Crippen molar-refractivity contribution in [3.8, 4) is 11.5 Å². The average molecular weight is 266 g/mol. The summed E-state index contributed by atoms with van der Waals surface area (Å²) in [6.45, 7) is 0.0577. The van der Waals surface area contributed by atoms with Crippen LogP contribution < -0.4 is 39.0 Å². The molecule has 1 N–H and O–H groups in total. The number of ether oxygens (including phenoxy) is 4. The largest absolute Gasteiger partial charge is 1.00 e. The summed E-state index contributed by atoms with van der Waals surface area (Å²) in [4.78, 5) is 10.8. The minimum Gasteiger partial charge on any atom is -1.00 e. The van der Waals surface area contributed by atoms with Crippen molar-refractivity contribution in [2.45, 2.75) is 0 Å². The van der Waals surface area contributed by atoms with Crippen molar-refractivity contribution in [3.63, 3.8) is 0 Å². The molecule has 0 fully saturated rings. The van der Waals surface area contributed by atoms with E-state index in [9.17, 15) is 4.79 Å². The predicted octanol–water partition coefficient (Wildman–Crippen LogP) is -1.53. The first-order valence-corrected chi connectivity index (χ1v) is 4.80. The van der Waals surface area contributed by atoms with Crippen molar-refractivity contribution >= 4 is 5.97 Å². The van der Waals surface area contributed by atoms with Crippen LogP contribution in [0.1, 0.15) is 11.8 Å². The van der Waals surface area contributed by atoms with Gasteiger partial charge in [0.15, 0.2) is 25.1 Å². The Morgan fingerprint density at radius 3 is 2.22 bits per heavy atom. The standard InChI is InChI=1S/C11H14O6.Na.H/c1-14-6-16-9-4-3-8(11(12)13)5-10(9)17-7-15-2;;/h3-5H,6-7H2,1-2H3,(H,12,13);;/q;+1;-1. The maximum Gasteiger partial charge on any atom is 1.00 e. The Hall–Kier alpha value is -0.790. The number of hydrogen-bond acceptors (Lipinski definition) is 5. The average Bonchev–Trinajstić information content (AvgIpc) is 2.34. The Morgan fingerprint density at radius 1 is 1.17 bits per heavy atom. The van der Waals surface area contributed by atoms with Gasteiger partial charge in [0.2, 0.25) is 0 Å². The van der Waals surface area contributed by atoms with E-state index in [1.807, 2.05) is 0 Å². The molecule has 0 spiro atoms. The molecule has 1 aromatic rings. The fourth-order valence-electron chi connectivity index (χ4n) is 1.12. The normalized spacial score (nSPS) is 9.44. The Balaban J connectivity index is 0. The fourth-order valence-corrected chi connectivity index (χ4v) is 1.12. The van der Waals surface area contributed by atoms with Crippen LogP contribution in [0.5, 0.6) is 11.5 Å². The molecule has 1 aromatic carbocycles. The van der Waals surface area contributed by atoms with Crippen LogP contribution in [0.25, 0.3) is 0 Å². The first kappa shape index (κ1) is 17.2. The smallest absolute Gasteiger partial charge is 1.00 e. The predicted molar refractivity (Wildman–Crippen MR) is 59.5 cm³/mol. The van der Waals surface area contributed by atoms with Crippen LogP contribution in [-0.4, -0.2) is 38.9 Å². The molecule has 0 atom stereocenters. The van der Waals surface area contributed by atoms with Crippen LogP contribution in [0.4, 0.5) is 0 Å². The maximum absolute atomic E-state index is 10.8. The van der Waals surface area contributed by atoms with E-state index in [0.717, 1.165) is 0 Å². The van der Waals surface area contributed by atoms with Crippen LogP contribution in [0.15, 0.2) is 18.2 Å². The molecule has 7 heteroatoms. The fraction of sp³-hybridized carbons (Fsp3) is 0.364. The summed E-state index contributed by atoms with van der Waals surface area (Å²) in [6.07, 6.45) is 0. The Morgan fingerprint density at radius 2 is 1.72 bits per heavy atom. The van der Waals surface area contributed by atoms with Crippen molar-refractivity contribution < 1.29 is 59.8 Å². The third-order valence-corrected chi connectivity index (χ3v) is 1.86. The maximum atomic E-state index is 10.8. The number of benzene rings is 1. The van der Waals surface area contributed by atoms with Gasteiger partial charge in [-0.2, -0.15) is 0 Å². The molecular weight excluding hydrogens is 251 g/mol. The number of methoxy groups -OCH3 is 2. The molecule has 0 saturated heterocycles. The second-order valence-electron chi connectivity index (χ2n) is 3.07. The molecule has 6 nitrogen and oxygen atoms in total. The van der Waals surface area contributed by atoms with Crippen molar-refractivity contribution in [1.29, 1.82) is 0 Å². The van der Waals surface area contributed by atoms with E-state index >= 15 is 0 Å². The van der Waals surface area contributed by atoms with Gasteiger partial charge in [-0.1, -0.05) is 0 Å². The van der Waals surface area contributed by atoms with Gasteiger partial charge in [-0.25, -0.2) is 4.79 Å². The molecule has 0 aromatic heterocycles. The van der Waals surface area contributed by atoms with E-state index in [2.05, 4.69) is 0 Å². The van der Waals surface area contributed by atoms with Crippen LogP contribution in [0, 0.1) is 0 Å². The van der Waals surface area contributed by atoms with Gasteiger partial charge in [-0.3, -0.25) is 0 Å². The second-order valence-corrected chi connectivity index (χ2v) is 3.07. The quantitative estimate of drug-likeness (QED) is 0.476. The zero-order valence-corrected chi connectivity index (χ0v) is 12.6. The van der Waals surface area contributed by atoms with E-state index in [1.54, 1.807) is 0 Å². The molecule has 0 unspecified atom stereocenters. The molecule has 0 bridgehead atoms. The minimum absolute atomic E-state index is 0. The molecule has 18 heavy (non-hydrogen) atoms. The van der Waals surface area contributed by atoms with Crippen LogP contribution in [0.2, 0.25) is 0 Å². The molecule has 96 valence electrons. The zero-order chi connectivity index (χ0) is 12.7. The summed E-state index contributed by atoms with van der Waals surface area (Å²) >= 11 is 0. The van der Waals surface area contributed by atoms with Gasteiger partial charge < -0.3 is 25.5 Å². The molecule has 0 amide bonds. The van der Waals surface area contributed by atoms with Gasteiger partial charge in [-0.15, -0.1) is 0 Å². The molecule has 0 heterocycles. The molecule has 0 aliphatic rings. The van der Waals surface area contributed by atoms with Crippen LogP contribution in [0.3, 0.4) is 0 Å². The topological polar surface area (TPSA) is 74.2 Å². The molecular formula is C11H15NaO6. The van der Waals surface area contributed by atoms with E-state index in [4.69, 9.17) is 24.1 Å². The van der Waals surface area contributed by atoms with E-state index in [-0.39, 0.29) is 50.1 Å². The SMILES string of the molecule is COCOc1ccc(C(=O)O)cc1OCOC.[H-].[Na+]. The summed E-state index contributed by atoms with van der Waals surface area (Å²) in [5.41, 5.74) is 0.112. The minimum atomic E-state index is -1.04. The van der Waals surface area contributed by atoms with Crippen LogP contribution in [-0.2, 0) is 9.47 Å². The number of rotatable bonds is 7. The zero-order valence-electron chi connectivity index (χ0n) is 11.6. The summed E-state index contributed by atoms with van der Waals surface area (Å²) < 4.78 is 19.9. The summed E-state index contributed by atoms with van der Waals surface area (Å²) in [6, 6.07) is 4.30. The third kappa shape index (κ3) is 5.24. The van der Waals surface area contributed by atoms with Crippen molar-refractivity contribution in [1.82, 2.24) is 0 Å². The first-order chi connectivity index (χ1) is 8.19. The summed E-state index contributed by atoms with van der Waals surface area (Å²) in [5, 5.41) is 8.85. The number of carboxylic acid groups (broad SMARTS) is 1. The molecule has 1 rings (SSSR count). The molecule has 0 aliphatic carbocycles. The Kier molecular flexibility index (Phi) is 8.78. The van der Waals surface area contributed by atoms with Gasteiger partial charge in [0, 0.05) is 14.2 Å². The van der Waals surface area contributed by atoms with Crippen molar-refractivity contribution in [3.05, 3.63) is 23.8 Å². The third-order valence-electron chi connectivity index (χ3n) is 1.86. The number of carboxylic acids is 1. The van der Waals surface area contributed by atoms with Gasteiger partial charge in [0.1, 0.15) is 0 Å². The molecule has 0 aliphatic heterocycles. The molecule has 0 saturated carbocycles. The van der Waals surface area contributed by atoms with Gasteiger partial charge in [0.25, 0.3) is 0 Å². The van der Waals surface area contributed by atoms with Crippen molar-refractivity contribution in [2.75, 3.05) is 27.8 Å². The van der Waals surface area contributed by atoms with E-state index < -0.39 is 5.97 Å². The van der Waals surface area contributed by atoms with E-state index in [0.29, 0.717) is 11.5 Å². The molecule has 0 radical (unpaired) electrons. The Bertz CT molecular complexity index is 387. The van der Waals surface area contributed by atoms with E-state index in [1.165, 1.54) is 32.4 Å². The monoisotopic (exact) mass is 266 g/mol. The van der Waals surface area contributed by atoms with Gasteiger partial charge in [-0.05, 0) is 18.2 Å². The van der Waals surface area contributed by atoms with Gasteiger partial charge in [0.05, 0.1) is 5.56 Å². The summed E-state index contributed by atoms with van der Waals surface area (Å²) in [5.74, 6) is -0.344. The number of hydrogen-bond donors (Lipinski definition) is 1. The number of aromatic carboxylic acids is 1. The van der Waals surface area contributed by atoms with Crippen molar-refractivity contribution in [2.24, 2.45) is 0 Å². The second kappa shape index (κ2) is 9.18. The van der Waals surface area contributed by atoms with Gasteiger partial charge >= 0.3 is 35.5 Å². The van der Waals surface area contributed by atoms with Crippen LogP contribution >= 0.6 is 0 Å². The Labute approximate surface area is 129 Å². The summed E-state index contributed by atoms with van der Waals surface area (Å²) in [7, 11) is 2.96. The number of carbonyl (C=O) groups is 1. The first-order valence-electron chi connectivity index (χ1n) is 4.80.